The summed E-state index contributed by atoms with van der Waals surface area (Å²) in [5.41, 5.74) is 9.00. The van der Waals surface area contributed by atoms with Gasteiger partial charge in [-0.05, 0) is 50.2 Å². The monoisotopic (exact) mass is 274 g/mol. The Morgan fingerprint density at radius 2 is 2.10 bits per heavy atom. The fraction of sp³-hybridized carbons (Fsp3) is 0.625. The minimum atomic E-state index is 0.116. The Balaban J connectivity index is 2.36. The number of nitrogen functional groups attached to an aromatic ring is 1. The number of amidine groups is 1. The Labute approximate surface area is 121 Å². The molecule has 0 aliphatic heterocycles. The Bertz CT molecular complexity index is 507. The zero-order valence-electron chi connectivity index (χ0n) is 13.0. The summed E-state index contributed by atoms with van der Waals surface area (Å²) in [5, 5.41) is 7.83. The molecule has 0 fully saturated rings. The van der Waals surface area contributed by atoms with E-state index >= 15 is 0 Å². The summed E-state index contributed by atoms with van der Waals surface area (Å²) in [6, 6.07) is 2.46. The van der Waals surface area contributed by atoms with Crippen molar-refractivity contribution < 1.29 is 0 Å². The second-order valence-electron chi connectivity index (χ2n) is 6.32. The number of hydrogen-bond acceptors (Lipinski definition) is 3. The van der Waals surface area contributed by atoms with Crippen LogP contribution < -0.4 is 10.6 Å². The molecule has 1 heterocycles. The lowest BCUT2D eigenvalue weighted by Gasteiger charge is -2.29. The first-order valence-corrected chi connectivity index (χ1v) is 7.50. The molecule has 20 heavy (non-hydrogen) atoms. The third-order valence-electron chi connectivity index (χ3n) is 4.13. The van der Waals surface area contributed by atoms with Crippen molar-refractivity contribution in [3.05, 3.63) is 22.9 Å². The maximum Gasteiger partial charge on any atom is 0.139 e. The zero-order chi connectivity index (χ0) is 14.9. The molecule has 1 aliphatic rings. The van der Waals surface area contributed by atoms with Crippen LogP contribution in [0.25, 0.3) is 0 Å². The lowest BCUT2D eigenvalue weighted by molar-refractivity contribution is 0.502. The summed E-state index contributed by atoms with van der Waals surface area (Å²) >= 11 is 0. The first kappa shape index (κ1) is 14.8. The average Bonchev–Trinajstić information content (AvgIpc) is 2.82. The van der Waals surface area contributed by atoms with E-state index in [1.807, 2.05) is 0 Å². The highest BCUT2D eigenvalue weighted by molar-refractivity contribution is 6.00. The first-order valence-electron chi connectivity index (χ1n) is 7.50. The van der Waals surface area contributed by atoms with Crippen molar-refractivity contribution in [2.45, 2.75) is 52.5 Å². The summed E-state index contributed by atoms with van der Waals surface area (Å²) in [6.45, 7) is 6.66. The number of nitrogens with two attached hydrogens (primary N) is 1. The molecular weight excluding hydrogens is 248 g/mol. The molecule has 1 aliphatic carbocycles. The van der Waals surface area contributed by atoms with Gasteiger partial charge in [-0.1, -0.05) is 13.8 Å². The van der Waals surface area contributed by atoms with Gasteiger partial charge in [-0.2, -0.15) is 0 Å². The van der Waals surface area contributed by atoms with E-state index in [9.17, 15) is 0 Å². The third-order valence-corrected chi connectivity index (χ3v) is 4.13. The molecule has 0 aromatic carbocycles. The van der Waals surface area contributed by atoms with Crippen molar-refractivity contribution in [3.63, 3.8) is 0 Å². The van der Waals surface area contributed by atoms with E-state index in [1.54, 1.807) is 0 Å². The summed E-state index contributed by atoms with van der Waals surface area (Å²) < 4.78 is 0. The van der Waals surface area contributed by atoms with Crippen molar-refractivity contribution in [1.82, 2.24) is 4.98 Å². The molecule has 2 rings (SSSR count). The molecule has 1 aromatic heterocycles. The highest BCUT2D eigenvalue weighted by atomic mass is 15.2. The van der Waals surface area contributed by atoms with Crippen LogP contribution >= 0.6 is 0 Å². The molecule has 0 amide bonds. The van der Waals surface area contributed by atoms with Gasteiger partial charge in [-0.25, -0.2) is 4.98 Å². The molecule has 0 saturated heterocycles. The SMILES string of the molecule is CC(C)CC(C)N(C)c1nc2c(cc1C(=N)N)CCC2. The smallest absolute Gasteiger partial charge is 0.139 e. The molecule has 4 nitrogen and oxygen atoms in total. The Morgan fingerprint density at radius 1 is 1.40 bits per heavy atom. The van der Waals surface area contributed by atoms with Crippen molar-refractivity contribution >= 4 is 11.7 Å². The van der Waals surface area contributed by atoms with Crippen molar-refractivity contribution in [2.75, 3.05) is 11.9 Å². The van der Waals surface area contributed by atoms with Crippen molar-refractivity contribution in [1.29, 1.82) is 5.41 Å². The number of rotatable bonds is 5. The number of hydrogen-bond donors (Lipinski definition) is 2. The highest BCUT2D eigenvalue weighted by Gasteiger charge is 2.22. The summed E-state index contributed by atoms with van der Waals surface area (Å²) in [7, 11) is 2.06. The van der Waals surface area contributed by atoms with Gasteiger partial charge in [0.25, 0.3) is 0 Å². The summed E-state index contributed by atoms with van der Waals surface area (Å²) in [5.74, 6) is 1.62. The maximum absolute atomic E-state index is 7.83. The summed E-state index contributed by atoms with van der Waals surface area (Å²) in [4.78, 5) is 6.98. The van der Waals surface area contributed by atoms with Gasteiger partial charge in [0.1, 0.15) is 11.7 Å². The number of pyridine rings is 1. The molecular formula is C16H26N4. The van der Waals surface area contributed by atoms with Gasteiger partial charge in [0.2, 0.25) is 0 Å². The predicted molar refractivity (Wildman–Crippen MR) is 84.6 cm³/mol. The largest absolute Gasteiger partial charge is 0.384 e. The minimum absolute atomic E-state index is 0.116. The number of aryl methyl sites for hydroxylation is 2. The van der Waals surface area contributed by atoms with Gasteiger partial charge in [0.15, 0.2) is 0 Å². The van der Waals surface area contributed by atoms with Gasteiger partial charge in [0, 0.05) is 18.8 Å². The quantitative estimate of drug-likeness (QED) is 0.641. The minimum Gasteiger partial charge on any atom is -0.384 e. The average molecular weight is 274 g/mol. The van der Waals surface area contributed by atoms with E-state index in [1.165, 1.54) is 11.3 Å². The maximum atomic E-state index is 7.83. The molecule has 0 bridgehead atoms. The van der Waals surface area contributed by atoms with Crippen LogP contribution in [-0.2, 0) is 12.8 Å². The topological polar surface area (TPSA) is 66.0 Å². The fourth-order valence-electron chi connectivity index (χ4n) is 2.98. The van der Waals surface area contributed by atoms with Gasteiger partial charge >= 0.3 is 0 Å². The van der Waals surface area contributed by atoms with Crippen molar-refractivity contribution in [2.24, 2.45) is 11.7 Å². The fourth-order valence-corrected chi connectivity index (χ4v) is 2.98. The number of anilines is 1. The van der Waals surface area contributed by atoms with Gasteiger partial charge in [-0.15, -0.1) is 0 Å². The summed E-state index contributed by atoms with van der Waals surface area (Å²) in [6.07, 6.45) is 4.38. The van der Waals surface area contributed by atoms with Crippen LogP contribution in [-0.4, -0.2) is 23.9 Å². The first-order chi connectivity index (χ1) is 9.40. The number of fused-ring (bicyclic) bond motifs is 1. The van der Waals surface area contributed by atoms with E-state index in [2.05, 4.69) is 38.8 Å². The van der Waals surface area contributed by atoms with E-state index < -0.39 is 0 Å². The Morgan fingerprint density at radius 3 is 2.70 bits per heavy atom. The molecule has 0 spiro atoms. The van der Waals surface area contributed by atoms with Gasteiger partial charge in [-0.3, -0.25) is 5.41 Å². The molecule has 1 aromatic rings. The number of nitrogens with zero attached hydrogens (tertiary/aromatic N) is 2. The van der Waals surface area contributed by atoms with Gasteiger partial charge < -0.3 is 10.6 Å². The standard InChI is InChI=1S/C16H26N4/c1-10(2)8-11(3)20(4)16-13(15(17)18)9-12-6-5-7-14(12)19-16/h9-11H,5-8H2,1-4H3,(H3,17,18). The molecule has 3 N–H and O–H groups in total. The Kier molecular flexibility index (Phi) is 4.31. The predicted octanol–water partition coefficient (Wildman–Crippen LogP) is 2.73. The molecule has 0 saturated carbocycles. The normalized spacial score (nSPS) is 15.2. The van der Waals surface area contributed by atoms with Gasteiger partial charge in [0.05, 0.1) is 5.56 Å². The van der Waals surface area contributed by atoms with E-state index in [0.29, 0.717) is 12.0 Å². The number of nitrogens with one attached hydrogen (secondary N) is 1. The van der Waals surface area contributed by atoms with E-state index in [-0.39, 0.29) is 5.84 Å². The molecule has 1 atom stereocenters. The zero-order valence-corrected chi connectivity index (χ0v) is 13.0. The van der Waals surface area contributed by atoms with Crippen LogP contribution in [0.3, 0.4) is 0 Å². The van der Waals surface area contributed by atoms with Crippen LogP contribution in [0.5, 0.6) is 0 Å². The van der Waals surface area contributed by atoms with Crippen LogP contribution in [0.1, 0.15) is 50.4 Å². The van der Waals surface area contributed by atoms with Crippen LogP contribution in [0, 0.1) is 11.3 Å². The number of aromatic nitrogens is 1. The molecule has 1 unspecified atom stereocenters. The second kappa shape index (κ2) is 5.81. The van der Waals surface area contributed by atoms with Crippen molar-refractivity contribution in [3.8, 4) is 0 Å². The highest BCUT2D eigenvalue weighted by Crippen LogP contribution is 2.28. The van der Waals surface area contributed by atoms with Crippen LogP contribution in [0.15, 0.2) is 6.07 Å². The second-order valence-corrected chi connectivity index (χ2v) is 6.32. The Hall–Kier alpha value is -1.58. The lowest BCUT2D eigenvalue weighted by atomic mass is 10.0. The molecule has 0 radical (unpaired) electrons. The lowest BCUT2D eigenvalue weighted by Crippen LogP contribution is -2.33. The molecule has 110 valence electrons. The molecule has 4 heteroatoms. The van der Waals surface area contributed by atoms with Crippen LogP contribution in [0.2, 0.25) is 0 Å². The van der Waals surface area contributed by atoms with E-state index in [0.717, 1.165) is 37.1 Å². The van der Waals surface area contributed by atoms with E-state index in [4.69, 9.17) is 16.1 Å². The van der Waals surface area contributed by atoms with Crippen LogP contribution in [0.4, 0.5) is 5.82 Å². The third kappa shape index (κ3) is 2.94.